The van der Waals surface area contributed by atoms with Gasteiger partial charge in [0.1, 0.15) is 5.02 Å². The summed E-state index contributed by atoms with van der Waals surface area (Å²) in [6.45, 7) is 0.423. The number of esters is 1. The number of methoxy groups -OCH3 is 1. The lowest BCUT2D eigenvalue weighted by molar-refractivity contribution is -0.384. The number of nitro groups is 1. The van der Waals surface area contributed by atoms with Crippen LogP contribution >= 0.6 is 11.6 Å². The molecule has 1 N–H and O–H groups in total. The number of unbranched alkanes of at least 4 members (excludes halogenated alkanes) is 7. The number of carbonyl (C=O) groups excluding carboxylic acids is 3. The molecule has 1 aromatic carbocycles. The molecule has 0 saturated carbocycles. The quantitative estimate of drug-likeness (QED) is 0.154. The number of ether oxygens (including phenoxy) is 1. The number of nitro benzene ring substituents is 1. The van der Waals surface area contributed by atoms with E-state index in [0.29, 0.717) is 19.3 Å². The first-order valence-corrected chi connectivity index (χ1v) is 10.1. The van der Waals surface area contributed by atoms with E-state index in [1.165, 1.54) is 7.11 Å². The average molecular weight is 427 g/mol. The van der Waals surface area contributed by atoms with Crippen molar-refractivity contribution in [3.63, 3.8) is 0 Å². The predicted octanol–water partition coefficient (Wildman–Crippen LogP) is 4.47. The molecule has 0 aliphatic carbocycles. The maximum atomic E-state index is 12.2. The van der Waals surface area contributed by atoms with Gasteiger partial charge >= 0.3 is 5.97 Å². The first-order valence-electron chi connectivity index (χ1n) is 9.68. The lowest BCUT2D eigenvalue weighted by Gasteiger charge is -2.08. The van der Waals surface area contributed by atoms with E-state index in [0.717, 1.165) is 63.5 Å². The molecule has 9 heteroatoms. The van der Waals surface area contributed by atoms with E-state index >= 15 is 0 Å². The van der Waals surface area contributed by atoms with Crippen molar-refractivity contribution in [2.75, 3.05) is 13.7 Å². The van der Waals surface area contributed by atoms with Crippen LogP contribution in [0.15, 0.2) is 12.1 Å². The van der Waals surface area contributed by atoms with Crippen LogP contribution in [0.1, 0.15) is 78.5 Å². The normalized spacial score (nSPS) is 10.4. The van der Waals surface area contributed by atoms with Gasteiger partial charge in [0, 0.05) is 24.6 Å². The first-order chi connectivity index (χ1) is 13.9. The number of aldehydes is 1. The van der Waals surface area contributed by atoms with Crippen molar-refractivity contribution in [3.8, 4) is 0 Å². The van der Waals surface area contributed by atoms with Gasteiger partial charge in [-0.1, -0.05) is 50.1 Å². The summed E-state index contributed by atoms with van der Waals surface area (Å²) in [5.74, 6) is -0.696. The average Bonchev–Trinajstić information content (AvgIpc) is 2.70. The van der Waals surface area contributed by atoms with Crippen molar-refractivity contribution < 1.29 is 24.0 Å². The van der Waals surface area contributed by atoms with Crippen LogP contribution in [0.2, 0.25) is 5.02 Å². The Kier molecular flexibility index (Phi) is 11.6. The monoisotopic (exact) mass is 426 g/mol. The summed E-state index contributed by atoms with van der Waals surface area (Å²) in [7, 11) is 1.39. The van der Waals surface area contributed by atoms with Crippen molar-refractivity contribution in [2.45, 2.75) is 57.8 Å². The van der Waals surface area contributed by atoms with Gasteiger partial charge in [0.25, 0.3) is 11.6 Å². The van der Waals surface area contributed by atoms with Gasteiger partial charge in [-0.2, -0.15) is 0 Å². The maximum Gasteiger partial charge on any atom is 0.305 e. The van der Waals surface area contributed by atoms with Crippen LogP contribution in [0, 0.1) is 10.1 Å². The van der Waals surface area contributed by atoms with Gasteiger partial charge in [-0.15, -0.1) is 0 Å². The van der Waals surface area contributed by atoms with E-state index in [-0.39, 0.29) is 22.1 Å². The number of nitrogens with zero attached hydrogens (tertiary/aromatic N) is 1. The van der Waals surface area contributed by atoms with Crippen LogP contribution in [0.5, 0.6) is 0 Å². The molecule has 1 amide bonds. The van der Waals surface area contributed by atoms with Crippen molar-refractivity contribution in [2.24, 2.45) is 0 Å². The minimum atomic E-state index is -0.691. The van der Waals surface area contributed by atoms with E-state index in [9.17, 15) is 24.5 Å². The number of rotatable bonds is 14. The standard InChI is InChI=1S/C20H27ClN2O6/c1-29-19(25)10-8-6-4-2-3-5-7-9-11-22-20(26)16-13-18(23(27)28)17(21)12-15(16)14-24/h12-14H,2-11H2,1H3,(H,22,26). The number of hydrogen-bond donors (Lipinski definition) is 1. The van der Waals surface area contributed by atoms with Crippen LogP contribution in [-0.4, -0.2) is 36.7 Å². The maximum absolute atomic E-state index is 12.2. The number of halogens is 1. The molecule has 1 rings (SSSR count). The van der Waals surface area contributed by atoms with E-state index in [4.69, 9.17) is 11.6 Å². The molecular formula is C20H27ClN2O6. The molecular weight excluding hydrogens is 400 g/mol. The second-order valence-corrected chi connectivity index (χ2v) is 7.08. The van der Waals surface area contributed by atoms with Gasteiger partial charge in [0.05, 0.1) is 17.6 Å². The molecule has 0 heterocycles. The predicted molar refractivity (Wildman–Crippen MR) is 109 cm³/mol. The summed E-state index contributed by atoms with van der Waals surface area (Å²) in [6, 6.07) is 2.16. The Hall–Kier alpha value is -2.48. The fourth-order valence-electron chi connectivity index (χ4n) is 2.87. The SMILES string of the molecule is COC(=O)CCCCCCCCCCNC(=O)c1cc([N+](=O)[O-])c(Cl)cc1C=O. The van der Waals surface area contributed by atoms with Crippen LogP contribution in [-0.2, 0) is 9.53 Å². The molecule has 29 heavy (non-hydrogen) atoms. The van der Waals surface area contributed by atoms with Crippen molar-refractivity contribution in [3.05, 3.63) is 38.4 Å². The fraction of sp³-hybridized carbons (Fsp3) is 0.550. The molecule has 0 saturated heterocycles. The highest BCUT2D eigenvalue weighted by Gasteiger charge is 2.20. The summed E-state index contributed by atoms with van der Waals surface area (Å²) < 4.78 is 4.59. The van der Waals surface area contributed by atoms with Crippen molar-refractivity contribution in [1.29, 1.82) is 0 Å². The van der Waals surface area contributed by atoms with Gasteiger partial charge in [-0.3, -0.25) is 24.5 Å². The van der Waals surface area contributed by atoms with Crippen molar-refractivity contribution in [1.82, 2.24) is 5.32 Å². The van der Waals surface area contributed by atoms with Crippen LogP contribution in [0.25, 0.3) is 0 Å². The van der Waals surface area contributed by atoms with Crippen LogP contribution < -0.4 is 5.32 Å². The molecule has 0 atom stereocenters. The van der Waals surface area contributed by atoms with E-state index in [1.807, 2.05) is 0 Å². The van der Waals surface area contributed by atoms with Gasteiger partial charge in [-0.25, -0.2) is 0 Å². The molecule has 0 unspecified atom stereocenters. The minimum absolute atomic E-state index is 0.0188. The number of nitrogens with one attached hydrogen (secondary N) is 1. The third kappa shape index (κ3) is 9.04. The van der Waals surface area contributed by atoms with Gasteiger partial charge in [0.2, 0.25) is 0 Å². The highest BCUT2D eigenvalue weighted by Crippen LogP contribution is 2.27. The summed E-state index contributed by atoms with van der Waals surface area (Å²) in [5, 5.41) is 13.5. The zero-order valence-corrected chi connectivity index (χ0v) is 17.3. The Morgan fingerprint density at radius 3 is 2.24 bits per heavy atom. The number of carbonyl (C=O) groups is 3. The Bertz CT molecular complexity index is 723. The number of amides is 1. The summed E-state index contributed by atoms with van der Waals surface area (Å²) in [5.41, 5.74) is -0.442. The van der Waals surface area contributed by atoms with E-state index in [1.54, 1.807) is 0 Å². The third-order valence-electron chi connectivity index (χ3n) is 4.51. The summed E-state index contributed by atoms with van der Waals surface area (Å²) in [4.78, 5) is 44.6. The molecule has 0 aromatic heterocycles. The molecule has 1 aromatic rings. The second kappa shape index (κ2) is 13.7. The van der Waals surface area contributed by atoms with Gasteiger partial charge in [-0.05, 0) is 18.9 Å². The smallest absolute Gasteiger partial charge is 0.305 e. The van der Waals surface area contributed by atoms with Gasteiger partial charge < -0.3 is 10.1 Å². The highest BCUT2D eigenvalue weighted by atomic mass is 35.5. The molecule has 0 spiro atoms. The molecule has 0 radical (unpaired) electrons. The Morgan fingerprint density at radius 1 is 1.10 bits per heavy atom. The lowest BCUT2D eigenvalue weighted by atomic mass is 10.1. The molecule has 8 nitrogen and oxygen atoms in total. The zero-order valence-electron chi connectivity index (χ0n) is 16.6. The summed E-state index contributed by atoms with van der Waals surface area (Å²) in [6.07, 6.45) is 8.83. The second-order valence-electron chi connectivity index (χ2n) is 6.68. The Labute approximate surface area is 175 Å². The van der Waals surface area contributed by atoms with Crippen LogP contribution in [0.4, 0.5) is 5.69 Å². The Balaban J connectivity index is 2.25. The van der Waals surface area contributed by atoms with Crippen molar-refractivity contribution >= 4 is 35.5 Å². The first kappa shape index (κ1) is 24.6. The Morgan fingerprint density at radius 2 is 1.69 bits per heavy atom. The molecule has 0 aliphatic heterocycles. The van der Waals surface area contributed by atoms with E-state index in [2.05, 4.69) is 10.1 Å². The van der Waals surface area contributed by atoms with E-state index < -0.39 is 16.5 Å². The molecule has 0 bridgehead atoms. The fourth-order valence-corrected chi connectivity index (χ4v) is 3.11. The number of benzene rings is 1. The lowest BCUT2D eigenvalue weighted by Crippen LogP contribution is -2.25. The topological polar surface area (TPSA) is 116 Å². The largest absolute Gasteiger partial charge is 0.469 e. The molecule has 160 valence electrons. The summed E-state index contributed by atoms with van der Waals surface area (Å²) >= 11 is 5.76. The zero-order chi connectivity index (χ0) is 21.6. The number of hydrogen-bond acceptors (Lipinski definition) is 6. The molecule has 0 aliphatic rings. The van der Waals surface area contributed by atoms with Crippen LogP contribution in [0.3, 0.4) is 0 Å². The minimum Gasteiger partial charge on any atom is -0.469 e. The highest BCUT2D eigenvalue weighted by molar-refractivity contribution is 6.33. The third-order valence-corrected chi connectivity index (χ3v) is 4.81. The molecule has 0 fully saturated rings. The van der Waals surface area contributed by atoms with Gasteiger partial charge in [0.15, 0.2) is 6.29 Å².